The van der Waals surface area contributed by atoms with E-state index < -0.39 is 0 Å². The zero-order chi connectivity index (χ0) is 15.2. The molecule has 1 amide bonds. The summed E-state index contributed by atoms with van der Waals surface area (Å²) < 4.78 is 15.5. The summed E-state index contributed by atoms with van der Waals surface area (Å²) >= 11 is 0. The number of likely N-dealkylation sites (N-methyl/N-ethyl adjacent to an activating group) is 1. The number of hydrogen-bond acceptors (Lipinski definition) is 5. The predicted molar refractivity (Wildman–Crippen MR) is 77.0 cm³/mol. The van der Waals surface area contributed by atoms with Crippen LogP contribution in [0.3, 0.4) is 0 Å². The number of methoxy groups -OCH3 is 1. The molecular weight excluding hydrogens is 274 g/mol. The van der Waals surface area contributed by atoms with Crippen molar-refractivity contribution < 1.29 is 23.9 Å². The van der Waals surface area contributed by atoms with Gasteiger partial charge in [0.05, 0.1) is 34.3 Å². The number of benzene rings is 1. The Morgan fingerprint density at radius 2 is 2.14 bits per heavy atom. The van der Waals surface area contributed by atoms with Gasteiger partial charge in [0.2, 0.25) is 6.79 Å². The zero-order valence-corrected chi connectivity index (χ0v) is 12.4. The third kappa shape index (κ3) is 4.09. The highest BCUT2D eigenvalue weighted by atomic mass is 16.7. The van der Waals surface area contributed by atoms with Crippen molar-refractivity contribution in [2.75, 3.05) is 41.1 Å². The smallest absolute Gasteiger partial charge is 0.291 e. The number of carbonyl (C=O) groups is 1. The van der Waals surface area contributed by atoms with E-state index in [-0.39, 0.29) is 18.7 Å². The van der Waals surface area contributed by atoms with Crippen LogP contribution in [-0.4, -0.2) is 53.0 Å². The second-order valence-corrected chi connectivity index (χ2v) is 4.87. The molecule has 1 aromatic rings. The number of quaternary nitrogens is 1. The van der Waals surface area contributed by atoms with Crippen molar-refractivity contribution in [1.82, 2.24) is 5.32 Å². The van der Waals surface area contributed by atoms with Gasteiger partial charge in [-0.15, -0.1) is 0 Å². The van der Waals surface area contributed by atoms with E-state index >= 15 is 0 Å². The Bertz CT molecular complexity index is 543. The Morgan fingerprint density at radius 3 is 2.86 bits per heavy atom. The van der Waals surface area contributed by atoms with Crippen LogP contribution in [-0.2, 0) is 4.74 Å². The van der Waals surface area contributed by atoms with Crippen LogP contribution in [0.4, 0.5) is 0 Å². The number of fused-ring (bicyclic) bond motifs is 1. The molecule has 21 heavy (non-hydrogen) atoms. The lowest BCUT2D eigenvalue weighted by molar-refractivity contribution is -0.856. The van der Waals surface area contributed by atoms with Crippen molar-refractivity contribution in [2.45, 2.75) is 0 Å². The van der Waals surface area contributed by atoms with Crippen molar-refractivity contribution >= 4 is 11.9 Å². The lowest BCUT2D eigenvalue weighted by atomic mass is 10.2. The first-order valence-corrected chi connectivity index (χ1v) is 6.68. The number of ether oxygens (including phenoxy) is 3. The van der Waals surface area contributed by atoms with Crippen molar-refractivity contribution in [3.63, 3.8) is 0 Å². The molecule has 0 radical (unpaired) electrons. The number of hydrogen-bond donors (Lipinski definition) is 2. The maximum atomic E-state index is 12.1. The van der Waals surface area contributed by atoms with Crippen LogP contribution in [0.25, 0.3) is 0 Å². The molecule has 2 rings (SSSR count). The molecule has 0 unspecified atom stereocenters. The number of aliphatic imine (C=N–C) groups is 1. The summed E-state index contributed by atoms with van der Waals surface area (Å²) in [6, 6.07) is 5.21. The quantitative estimate of drug-likeness (QED) is 0.568. The van der Waals surface area contributed by atoms with Crippen LogP contribution < -0.4 is 19.7 Å². The van der Waals surface area contributed by atoms with Crippen LogP contribution >= 0.6 is 0 Å². The van der Waals surface area contributed by atoms with E-state index in [0.29, 0.717) is 23.6 Å². The van der Waals surface area contributed by atoms with Crippen molar-refractivity contribution in [2.24, 2.45) is 4.99 Å². The first-order valence-electron chi connectivity index (χ1n) is 6.68. The molecule has 7 nitrogen and oxygen atoms in total. The third-order valence-corrected chi connectivity index (χ3v) is 2.92. The molecule has 0 fully saturated rings. The van der Waals surface area contributed by atoms with Gasteiger partial charge in [0.25, 0.3) is 11.9 Å². The van der Waals surface area contributed by atoms with E-state index in [1.54, 1.807) is 18.2 Å². The molecule has 1 aliphatic heterocycles. The summed E-state index contributed by atoms with van der Waals surface area (Å²) in [6.45, 7) is 1.61. The maximum Gasteiger partial charge on any atom is 0.291 e. The standard InChI is InChI=1S/C14H19N3O4/c1-17(2)7-6-15-14(19-3)16-13(18)10-4-5-11-12(8-10)21-9-20-11/h4-5,8H,6-7,9H2,1-3H3,(H,15,16,18)/p+1. The number of rotatable bonds is 4. The Labute approximate surface area is 123 Å². The second-order valence-electron chi connectivity index (χ2n) is 4.87. The first-order chi connectivity index (χ1) is 10.1. The van der Waals surface area contributed by atoms with E-state index in [2.05, 4.69) is 10.3 Å². The molecule has 0 saturated carbocycles. The monoisotopic (exact) mass is 294 g/mol. The Hall–Kier alpha value is -2.28. The van der Waals surface area contributed by atoms with Gasteiger partial charge in [-0.25, -0.2) is 4.99 Å². The Balaban J connectivity index is 1.99. The summed E-state index contributed by atoms with van der Waals surface area (Å²) in [5.74, 6) is 0.905. The molecule has 1 aromatic carbocycles. The highest BCUT2D eigenvalue weighted by Crippen LogP contribution is 2.32. The van der Waals surface area contributed by atoms with Crippen LogP contribution in [0.2, 0.25) is 0 Å². The lowest BCUT2D eigenvalue weighted by Crippen LogP contribution is -3.06. The van der Waals surface area contributed by atoms with Crippen LogP contribution in [0.5, 0.6) is 11.5 Å². The van der Waals surface area contributed by atoms with E-state index in [9.17, 15) is 4.79 Å². The number of amides is 1. The molecule has 0 spiro atoms. The zero-order valence-electron chi connectivity index (χ0n) is 12.4. The number of nitrogens with zero attached hydrogens (tertiary/aromatic N) is 1. The minimum Gasteiger partial charge on any atom is -0.468 e. The summed E-state index contributed by atoms with van der Waals surface area (Å²) in [4.78, 5) is 17.6. The SMILES string of the molecule is COC(=NCC[NH+](C)C)NC(=O)c1ccc2c(c1)OCO2. The fourth-order valence-electron chi connectivity index (χ4n) is 1.74. The fourth-order valence-corrected chi connectivity index (χ4v) is 1.74. The van der Waals surface area contributed by atoms with Crippen LogP contribution in [0, 0.1) is 0 Å². The van der Waals surface area contributed by atoms with E-state index in [1.807, 2.05) is 14.1 Å². The molecule has 1 heterocycles. The summed E-state index contributed by atoms with van der Waals surface area (Å²) in [5.41, 5.74) is 0.460. The molecule has 0 saturated heterocycles. The first kappa shape index (κ1) is 15.1. The van der Waals surface area contributed by atoms with Gasteiger partial charge in [0.15, 0.2) is 11.5 Å². The van der Waals surface area contributed by atoms with Crippen molar-refractivity contribution in [1.29, 1.82) is 0 Å². The molecule has 7 heteroatoms. The predicted octanol–water partition coefficient (Wildman–Crippen LogP) is -0.708. The molecule has 0 bridgehead atoms. The molecule has 0 aromatic heterocycles. The fraction of sp³-hybridized carbons (Fsp3) is 0.429. The average Bonchev–Trinajstić information content (AvgIpc) is 2.92. The van der Waals surface area contributed by atoms with E-state index in [0.717, 1.165) is 6.54 Å². The highest BCUT2D eigenvalue weighted by molar-refractivity contribution is 6.04. The van der Waals surface area contributed by atoms with Gasteiger partial charge >= 0.3 is 0 Å². The largest absolute Gasteiger partial charge is 0.468 e. The van der Waals surface area contributed by atoms with Crippen LogP contribution in [0.15, 0.2) is 23.2 Å². The van der Waals surface area contributed by atoms with E-state index in [4.69, 9.17) is 14.2 Å². The van der Waals surface area contributed by atoms with Gasteiger partial charge in [-0.2, -0.15) is 0 Å². The molecule has 114 valence electrons. The normalized spacial score (nSPS) is 13.4. The van der Waals surface area contributed by atoms with Gasteiger partial charge < -0.3 is 19.1 Å². The summed E-state index contributed by atoms with van der Waals surface area (Å²) in [6.07, 6.45) is 0. The third-order valence-electron chi connectivity index (χ3n) is 2.92. The summed E-state index contributed by atoms with van der Waals surface area (Å²) in [5, 5.41) is 2.63. The minimum absolute atomic E-state index is 0.179. The molecule has 0 aliphatic carbocycles. The van der Waals surface area contributed by atoms with Gasteiger partial charge in [-0.1, -0.05) is 0 Å². The second kappa shape index (κ2) is 6.94. The van der Waals surface area contributed by atoms with Crippen LogP contribution in [0.1, 0.15) is 10.4 Å². The molecule has 2 N–H and O–H groups in total. The van der Waals surface area contributed by atoms with Gasteiger partial charge in [-0.05, 0) is 18.2 Å². The van der Waals surface area contributed by atoms with Gasteiger partial charge in [-0.3, -0.25) is 10.1 Å². The topological polar surface area (TPSA) is 73.6 Å². The van der Waals surface area contributed by atoms with Crippen molar-refractivity contribution in [3.8, 4) is 11.5 Å². The maximum absolute atomic E-state index is 12.1. The summed E-state index contributed by atoms with van der Waals surface area (Å²) in [7, 11) is 5.54. The number of nitrogens with one attached hydrogen (secondary N) is 2. The number of carbonyl (C=O) groups excluding carboxylic acids is 1. The minimum atomic E-state index is -0.300. The van der Waals surface area contributed by atoms with E-state index in [1.165, 1.54) is 12.0 Å². The molecular formula is C14H20N3O4+. The number of amidine groups is 1. The van der Waals surface area contributed by atoms with Crippen molar-refractivity contribution in [3.05, 3.63) is 23.8 Å². The Morgan fingerprint density at radius 1 is 1.38 bits per heavy atom. The molecule has 1 aliphatic rings. The lowest BCUT2D eigenvalue weighted by Gasteiger charge is -2.09. The highest BCUT2D eigenvalue weighted by Gasteiger charge is 2.17. The van der Waals surface area contributed by atoms with Gasteiger partial charge in [0.1, 0.15) is 0 Å². The Kier molecular flexibility index (Phi) is 4.99. The average molecular weight is 294 g/mol. The van der Waals surface area contributed by atoms with Gasteiger partial charge in [0, 0.05) is 5.56 Å². The molecule has 0 atom stereocenters.